The van der Waals surface area contributed by atoms with Crippen molar-refractivity contribution in [2.24, 2.45) is 0 Å². The Bertz CT molecular complexity index is 469. The Kier molecular flexibility index (Phi) is 6.65. The van der Waals surface area contributed by atoms with Crippen molar-refractivity contribution in [2.45, 2.75) is 32.7 Å². The van der Waals surface area contributed by atoms with Crippen molar-refractivity contribution < 1.29 is 9.59 Å². The lowest BCUT2D eigenvalue weighted by molar-refractivity contribution is 0.0697. The summed E-state index contributed by atoms with van der Waals surface area (Å²) in [5.74, 6) is 0.0768. The molecule has 1 saturated heterocycles. The number of hydrogen-bond acceptors (Lipinski definition) is 4. The van der Waals surface area contributed by atoms with Crippen molar-refractivity contribution in [3.05, 3.63) is 21.9 Å². The van der Waals surface area contributed by atoms with Gasteiger partial charge in [0.2, 0.25) is 0 Å². The molecule has 6 heteroatoms. The summed E-state index contributed by atoms with van der Waals surface area (Å²) in [6, 6.07) is 2.01. The topological polar surface area (TPSA) is 49.4 Å². The van der Waals surface area contributed by atoms with Gasteiger partial charge in [-0.25, -0.2) is 0 Å². The molecule has 1 aliphatic rings. The second-order valence-corrected chi connectivity index (χ2v) is 5.81. The second-order valence-electron chi connectivity index (χ2n) is 4.90. The predicted molar refractivity (Wildman–Crippen MR) is 84.2 cm³/mol. The van der Waals surface area contributed by atoms with E-state index in [0.29, 0.717) is 10.4 Å². The predicted octanol–water partition coefficient (Wildman–Crippen LogP) is 2.59. The van der Waals surface area contributed by atoms with Crippen LogP contribution in [-0.4, -0.2) is 42.3 Å². The largest absolute Gasteiger partial charge is 0.334 e. The number of hydrogen-bond donors (Lipinski definition) is 1. The summed E-state index contributed by atoms with van der Waals surface area (Å²) in [6.45, 7) is 6.23. The summed E-state index contributed by atoms with van der Waals surface area (Å²) in [5, 5.41) is 5.07. The van der Waals surface area contributed by atoms with Crippen LogP contribution in [0.2, 0.25) is 0 Å². The van der Waals surface area contributed by atoms with E-state index in [9.17, 15) is 9.59 Å². The van der Waals surface area contributed by atoms with E-state index in [0.717, 1.165) is 32.5 Å². The van der Waals surface area contributed by atoms with Crippen LogP contribution in [0.3, 0.4) is 0 Å². The lowest BCUT2D eigenvalue weighted by Gasteiger charge is -2.27. The number of amides is 1. The molecule has 0 aliphatic carbocycles. The van der Waals surface area contributed by atoms with Gasteiger partial charge in [-0.1, -0.05) is 6.92 Å². The highest BCUT2D eigenvalue weighted by Crippen LogP contribution is 2.20. The van der Waals surface area contributed by atoms with Gasteiger partial charge in [0.15, 0.2) is 5.78 Å². The van der Waals surface area contributed by atoms with E-state index >= 15 is 0 Å². The lowest BCUT2D eigenvalue weighted by Crippen LogP contribution is -2.41. The van der Waals surface area contributed by atoms with Gasteiger partial charge in [0.05, 0.1) is 4.88 Å². The summed E-state index contributed by atoms with van der Waals surface area (Å²) in [4.78, 5) is 26.5. The molecule has 1 unspecified atom stereocenters. The van der Waals surface area contributed by atoms with Crippen LogP contribution in [0.5, 0.6) is 0 Å². The van der Waals surface area contributed by atoms with Crippen LogP contribution in [0.15, 0.2) is 11.4 Å². The monoisotopic (exact) mass is 316 g/mol. The van der Waals surface area contributed by atoms with Crippen LogP contribution < -0.4 is 5.32 Å². The van der Waals surface area contributed by atoms with Gasteiger partial charge >= 0.3 is 0 Å². The number of halogens is 1. The third kappa shape index (κ3) is 3.81. The van der Waals surface area contributed by atoms with E-state index in [1.54, 1.807) is 11.4 Å². The second kappa shape index (κ2) is 7.76. The zero-order chi connectivity index (χ0) is 13.8. The molecular formula is C14H21ClN2O2S. The summed E-state index contributed by atoms with van der Waals surface area (Å²) in [5.41, 5.74) is 0.634. The molecule has 1 fully saturated rings. The van der Waals surface area contributed by atoms with Crippen LogP contribution >= 0.6 is 23.7 Å². The third-order valence-corrected chi connectivity index (χ3v) is 4.34. The van der Waals surface area contributed by atoms with Crippen LogP contribution in [0.1, 0.15) is 46.7 Å². The quantitative estimate of drug-likeness (QED) is 0.849. The summed E-state index contributed by atoms with van der Waals surface area (Å²) in [7, 11) is 0. The van der Waals surface area contributed by atoms with E-state index in [-0.39, 0.29) is 30.1 Å². The molecule has 0 aromatic carbocycles. The van der Waals surface area contributed by atoms with Crippen molar-refractivity contribution >= 4 is 35.4 Å². The Labute approximate surface area is 130 Å². The minimum Gasteiger partial charge on any atom is -0.334 e. The van der Waals surface area contributed by atoms with Crippen molar-refractivity contribution in [3.8, 4) is 0 Å². The number of ketones is 1. The average molecular weight is 317 g/mol. The Balaban J connectivity index is 0.00000200. The molecule has 0 bridgehead atoms. The maximum absolute atomic E-state index is 12.6. The Morgan fingerprint density at radius 1 is 1.50 bits per heavy atom. The molecule has 2 heterocycles. The van der Waals surface area contributed by atoms with Crippen LogP contribution in [0.4, 0.5) is 0 Å². The molecule has 1 N–H and O–H groups in total. The van der Waals surface area contributed by atoms with Gasteiger partial charge in [0.1, 0.15) is 0 Å². The van der Waals surface area contributed by atoms with E-state index in [4.69, 9.17) is 0 Å². The molecule has 1 amide bonds. The Hall–Kier alpha value is -0.910. The van der Waals surface area contributed by atoms with Crippen LogP contribution in [-0.2, 0) is 0 Å². The highest BCUT2D eigenvalue weighted by molar-refractivity contribution is 7.12. The first-order chi connectivity index (χ1) is 9.13. The molecule has 2 rings (SSSR count). The first-order valence-corrected chi connectivity index (χ1v) is 7.62. The first-order valence-electron chi connectivity index (χ1n) is 6.74. The number of carbonyl (C=O) groups excluding carboxylic acids is 2. The Morgan fingerprint density at radius 2 is 2.25 bits per heavy atom. The molecule has 20 heavy (non-hydrogen) atoms. The van der Waals surface area contributed by atoms with Crippen LogP contribution in [0.25, 0.3) is 0 Å². The minimum absolute atomic E-state index is 0. The molecule has 0 spiro atoms. The van der Waals surface area contributed by atoms with E-state index < -0.39 is 0 Å². The van der Waals surface area contributed by atoms with Gasteiger partial charge in [-0.05, 0) is 32.4 Å². The minimum atomic E-state index is 0. The number of carbonyl (C=O) groups is 2. The zero-order valence-corrected chi connectivity index (χ0v) is 13.5. The van der Waals surface area contributed by atoms with E-state index in [2.05, 4.69) is 12.2 Å². The van der Waals surface area contributed by atoms with Crippen molar-refractivity contribution in [1.29, 1.82) is 0 Å². The normalized spacial score (nSPS) is 17.6. The third-order valence-electron chi connectivity index (χ3n) is 3.42. The highest BCUT2D eigenvalue weighted by atomic mass is 35.5. The fraction of sp³-hybridized carbons (Fsp3) is 0.571. The SMILES string of the molecule is CCCN(C(=O)c1cc(C(C)=O)cs1)C1CCNC1.Cl. The van der Waals surface area contributed by atoms with Crippen LogP contribution in [0, 0.1) is 0 Å². The lowest BCUT2D eigenvalue weighted by atomic mass is 10.2. The molecule has 112 valence electrons. The maximum Gasteiger partial charge on any atom is 0.264 e. The Morgan fingerprint density at radius 3 is 2.75 bits per heavy atom. The van der Waals surface area contributed by atoms with Gasteiger partial charge in [-0.15, -0.1) is 23.7 Å². The van der Waals surface area contributed by atoms with E-state index in [1.807, 2.05) is 4.90 Å². The van der Waals surface area contributed by atoms with Gasteiger partial charge in [0.25, 0.3) is 5.91 Å². The molecule has 1 aliphatic heterocycles. The van der Waals surface area contributed by atoms with Crippen molar-refractivity contribution in [1.82, 2.24) is 10.2 Å². The fourth-order valence-electron chi connectivity index (χ4n) is 2.37. The molecular weight excluding hydrogens is 296 g/mol. The first kappa shape index (κ1) is 17.1. The smallest absolute Gasteiger partial charge is 0.264 e. The molecule has 0 saturated carbocycles. The number of thiophene rings is 1. The van der Waals surface area contributed by atoms with Gasteiger partial charge in [0, 0.05) is 30.1 Å². The van der Waals surface area contributed by atoms with Crippen molar-refractivity contribution in [2.75, 3.05) is 19.6 Å². The molecule has 0 radical (unpaired) electrons. The van der Waals surface area contributed by atoms with Gasteiger partial charge in [-0.2, -0.15) is 0 Å². The molecule has 1 aromatic heterocycles. The number of nitrogens with one attached hydrogen (secondary N) is 1. The number of Topliss-reactive ketones (excluding diaryl/α,β-unsaturated/α-hetero) is 1. The molecule has 4 nitrogen and oxygen atoms in total. The number of rotatable bonds is 5. The van der Waals surface area contributed by atoms with Gasteiger partial charge in [-0.3, -0.25) is 9.59 Å². The summed E-state index contributed by atoms with van der Waals surface area (Å²) in [6.07, 6.45) is 1.96. The van der Waals surface area contributed by atoms with Gasteiger partial charge < -0.3 is 10.2 Å². The maximum atomic E-state index is 12.6. The van der Waals surface area contributed by atoms with E-state index in [1.165, 1.54) is 18.3 Å². The zero-order valence-electron chi connectivity index (χ0n) is 11.8. The summed E-state index contributed by atoms with van der Waals surface area (Å²) < 4.78 is 0. The molecule has 1 aromatic rings. The molecule has 1 atom stereocenters. The van der Waals surface area contributed by atoms with Crippen molar-refractivity contribution in [3.63, 3.8) is 0 Å². The average Bonchev–Trinajstić information content (AvgIpc) is 3.05. The standard InChI is InChI=1S/C14H20N2O2S.ClH/c1-3-6-16(12-4-5-15-8-12)14(18)13-7-11(9-19-13)10(2)17;/h7,9,12,15H,3-6,8H2,1-2H3;1H. The summed E-state index contributed by atoms with van der Waals surface area (Å²) >= 11 is 1.37. The highest BCUT2D eigenvalue weighted by Gasteiger charge is 2.27. The number of nitrogens with zero attached hydrogens (tertiary/aromatic N) is 1. The fourth-order valence-corrected chi connectivity index (χ4v) is 3.27.